The Hall–Kier alpha value is -1.29. The smallest absolute Gasteiger partial charge is 0.339 e. The fourth-order valence-corrected chi connectivity index (χ4v) is 1.53. The number of hydrogen-bond donors (Lipinski definition) is 1. The van der Waals surface area contributed by atoms with E-state index in [1.54, 1.807) is 6.07 Å². The van der Waals surface area contributed by atoms with Crippen molar-refractivity contribution >= 4 is 0 Å². The van der Waals surface area contributed by atoms with Gasteiger partial charge in [0.15, 0.2) is 0 Å². The predicted molar refractivity (Wildman–Crippen MR) is 67.2 cm³/mol. The molecule has 0 radical (unpaired) electrons. The molecule has 0 aliphatic heterocycles. The van der Waals surface area contributed by atoms with Crippen LogP contribution >= 0.6 is 0 Å². The van der Waals surface area contributed by atoms with Gasteiger partial charge in [-0.1, -0.05) is 26.7 Å². The molecule has 0 saturated heterocycles. The molecule has 0 bridgehead atoms. The summed E-state index contributed by atoms with van der Waals surface area (Å²) >= 11 is 0. The average molecular weight is 239 g/mol. The fraction of sp³-hybridized carbons (Fsp3) is 0.615. The second-order valence-corrected chi connectivity index (χ2v) is 4.11. The molecule has 0 fully saturated rings. The first-order chi connectivity index (χ1) is 8.17. The van der Waals surface area contributed by atoms with Gasteiger partial charge in [0.1, 0.15) is 11.5 Å². The molecule has 17 heavy (non-hydrogen) atoms. The molecule has 0 spiro atoms. The van der Waals surface area contributed by atoms with E-state index < -0.39 is 5.63 Å². The number of hydrogen-bond acceptors (Lipinski definition) is 4. The van der Waals surface area contributed by atoms with Crippen LogP contribution in [0.5, 0.6) is 5.75 Å². The second-order valence-electron chi connectivity index (χ2n) is 4.11. The average Bonchev–Trinajstić information content (AvgIpc) is 2.29. The number of rotatable bonds is 7. The van der Waals surface area contributed by atoms with E-state index in [1.807, 2.05) is 6.92 Å². The number of unbranched alkanes of at least 4 members (excludes halogenated alkanes) is 1. The fourth-order valence-electron chi connectivity index (χ4n) is 1.53. The van der Waals surface area contributed by atoms with Crippen molar-refractivity contribution in [2.75, 3.05) is 6.61 Å². The van der Waals surface area contributed by atoms with Crippen molar-refractivity contribution < 1.29 is 9.15 Å². The predicted octanol–water partition coefficient (Wildman–Crippen LogP) is 2.62. The highest BCUT2D eigenvalue weighted by Gasteiger charge is 2.10. The highest BCUT2D eigenvalue weighted by atomic mass is 16.5. The minimum atomic E-state index is -0.402. The normalized spacial score (nSPS) is 12.4. The van der Waals surface area contributed by atoms with Crippen LogP contribution in [0.4, 0.5) is 0 Å². The third kappa shape index (κ3) is 4.61. The van der Waals surface area contributed by atoms with Crippen LogP contribution in [0.3, 0.4) is 0 Å². The minimum absolute atomic E-state index is 0.234. The first kappa shape index (κ1) is 13.8. The molecule has 0 aliphatic carbocycles. The number of ether oxygens (including phenoxy) is 1. The van der Waals surface area contributed by atoms with E-state index in [0.29, 0.717) is 18.1 Å². The molecule has 0 saturated carbocycles. The molecule has 0 aliphatic rings. The van der Waals surface area contributed by atoms with E-state index in [2.05, 4.69) is 6.92 Å². The quantitative estimate of drug-likeness (QED) is 0.743. The van der Waals surface area contributed by atoms with E-state index in [9.17, 15) is 4.79 Å². The summed E-state index contributed by atoms with van der Waals surface area (Å²) in [6.07, 6.45) is 3.77. The molecule has 1 aromatic rings. The molecule has 0 unspecified atom stereocenters. The lowest BCUT2D eigenvalue weighted by Crippen LogP contribution is -2.13. The van der Waals surface area contributed by atoms with Crippen LogP contribution in [0.25, 0.3) is 0 Å². The van der Waals surface area contributed by atoms with Crippen LogP contribution in [-0.2, 0) is 0 Å². The Balaban J connectivity index is 2.75. The summed E-state index contributed by atoms with van der Waals surface area (Å²) in [5.74, 6) is 1.06. The summed E-state index contributed by atoms with van der Waals surface area (Å²) in [4.78, 5) is 11.4. The molecule has 4 heteroatoms. The van der Waals surface area contributed by atoms with Gasteiger partial charge in [-0.2, -0.15) is 0 Å². The van der Waals surface area contributed by atoms with Gasteiger partial charge in [0, 0.05) is 6.07 Å². The van der Waals surface area contributed by atoms with Crippen LogP contribution in [0.15, 0.2) is 21.3 Å². The van der Waals surface area contributed by atoms with E-state index in [4.69, 9.17) is 14.9 Å². The summed E-state index contributed by atoms with van der Waals surface area (Å²) in [5, 5.41) is 0. The van der Waals surface area contributed by atoms with Crippen LogP contribution in [-0.4, -0.2) is 6.61 Å². The Morgan fingerprint density at radius 1 is 1.35 bits per heavy atom. The maximum atomic E-state index is 11.4. The lowest BCUT2D eigenvalue weighted by molar-refractivity contribution is 0.300. The zero-order chi connectivity index (χ0) is 12.7. The minimum Gasteiger partial charge on any atom is -0.493 e. The van der Waals surface area contributed by atoms with Gasteiger partial charge in [0.05, 0.1) is 18.7 Å². The highest BCUT2D eigenvalue weighted by Crippen LogP contribution is 2.19. The molecule has 0 amide bonds. The summed E-state index contributed by atoms with van der Waals surface area (Å²) in [6.45, 7) is 4.74. The van der Waals surface area contributed by atoms with E-state index >= 15 is 0 Å². The van der Waals surface area contributed by atoms with Gasteiger partial charge in [0.25, 0.3) is 0 Å². The standard InChI is InChI=1S/C13H21NO3/c1-3-5-7-16-10-8-12(11(14)6-4-2)17-13(15)9-10/h8-9,11H,3-7,14H2,1-2H3/t11-/m1/s1. The van der Waals surface area contributed by atoms with Gasteiger partial charge < -0.3 is 14.9 Å². The Morgan fingerprint density at radius 3 is 2.76 bits per heavy atom. The third-order valence-corrected chi connectivity index (χ3v) is 2.49. The van der Waals surface area contributed by atoms with Crippen LogP contribution < -0.4 is 16.1 Å². The Labute approximate surface area is 102 Å². The Kier molecular flexibility index (Phi) is 5.77. The van der Waals surface area contributed by atoms with Gasteiger partial charge in [-0.3, -0.25) is 0 Å². The summed E-state index contributed by atoms with van der Waals surface area (Å²) < 4.78 is 10.6. The second kappa shape index (κ2) is 7.12. The molecule has 2 N–H and O–H groups in total. The molecule has 1 rings (SSSR count). The van der Waals surface area contributed by atoms with E-state index in [-0.39, 0.29) is 6.04 Å². The van der Waals surface area contributed by atoms with E-state index in [0.717, 1.165) is 25.7 Å². The van der Waals surface area contributed by atoms with Gasteiger partial charge >= 0.3 is 5.63 Å². The largest absolute Gasteiger partial charge is 0.493 e. The van der Waals surface area contributed by atoms with Crippen molar-refractivity contribution in [1.29, 1.82) is 0 Å². The summed E-state index contributed by atoms with van der Waals surface area (Å²) in [7, 11) is 0. The molecular formula is C13H21NO3. The molecule has 1 atom stereocenters. The van der Waals surface area contributed by atoms with Crippen LogP contribution in [0, 0.1) is 0 Å². The molecule has 1 aromatic heterocycles. The summed E-state index contributed by atoms with van der Waals surface area (Å²) in [6, 6.07) is 2.84. The van der Waals surface area contributed by atoms with E-state index in [1.165, 1.54) is 6.07 Å². The Bertz CT molecular complexity index is 386. The zero-order valence-electron chi connectivity index (χ0n) is 10.6. The zero-order valence-corrected chi connectivity index (χ0v) is 10.6. The third-order valence-electron chi connectivity index (χ3n) is 2.49. The first-order valence-electron chi connectivity index (χ1n) is 6.20. The molecular weight excluding hydrogens is 218 g/mol. The first-order valence-corrected chi connectivity index (χ1v) is 6.20. The maximum Gasteiger partial charge on any atom is 0.339 e. The lowest BCUT2D eigenvalue weighted by atomic mass is 10.1. The van der Waals surface area contributed by atoms with Crippen molar-refractivity contribution in [3.63, 3.8) is 0 Å². The van der Waals surface area contributed by atoms with Crippen LogP contribution in [0.2, 0.25) is 0 Å². The van der Waals surface area contributed by atoms with Crippen molar-refractivity contribution in [2.45, 2.75) is 45.6 Å². The molecule has 96 valence electrons. The monoisotopic (exact) mass is 239 g/mol. The maximum absolute atomic E-state index is 11.4. The SMILES string of the molecule is CCCCOc1cc([C@H](N)CCC)oc(=O)c1. The Morgan fingerprint density at radius 2 is 2.12 bits per heavy atom. The van der Waals surface area contributed by atoms with Gasteiger partial charge in [0.2, 0.25) is 0 Å². The lowest BCUT2D eigenvalue weighted by Gasteiger charge is -2.10. The van der Waals surface area contributed by atoms with Crippen molar-refractivity contribution in [3.8, 4) is 5.75 Å². The van der Waals surface area contributed by atoms with Crippen molar-refractivity contribution in [3.05, 3.63) is 28.3 Å². The van der Waals surface area contributed by atoms with Crippen molar-refractivity contribution in [1.82, 2.24) is 0 Å². The summed E-state index contributed by atoms with van der Waals surface area (Å²) in [5.41, 5.74) is 5.51. The number of nitrogens with two attached hydrogens (primary N) is 1. The van der Waals surface area contributed by atoms with Crippen LogP contribution in [0.1, 0.15) is 51.3 Å². The molecule has 0 aromatic carbocycles. The molecule has 1 heterocycles. The van der Waals surface area contributed by atoms with Gasteiger partial charge in [-0.15, -0.1) is 0 Å². The van der Waals surface area contributed by atoms with Gasteiger partial charge in [-0.05, 0) is 12.8 Å². The topological polar surface area (TPSA) is 65.5 Å². The van der Waals surface area contributed by atoms with Crippen molar-refractivity contribution in [2.24, 2.45) is 5.73 Å². The highest BCUT2D eigenvalue weighted by molar-refractivity contribution is 5.22. The molecule has 4 nitrogen and oxygen atoms in total. The van der Waals surface area contributed by atoms with Gasteiger partial charge in [-0.25, -0.2) is 4.79 Å².